The van der Waals surface area contributed by atoms with Gasteiger partial charge >= 0.3 is 11.6 Å². The Morgan fingerprint density at radius 3 is 1.64 bits per heavy atom. The summed E-state index contributed by atoms with van der Waals surface area (Å²) in [6.45, 7) is 9.83. The molecule has 0 bridgehead atoms. The molecule has 0 radical (unpaired) electrons. The highest BCUT2D eigenvalue weighted by Crippen LogP contribution is 1.76. The van der Waals surface area contributed by atoms with Gasteiger partial charge in [0, 0.05) is 13.1 Å². The van der Waals surface area contributed by atoms with Gasteiger partial charge in [-0.2, -0.15) is 8.42 Å². The maximum absolute atomic E-state index is 8.29. The molecule has 1 aliphatic rings. The first-order valence-electron chi connectivity index (χ1n) is 3.12. The molecule has 1 aliphatic heterocycles. The molecule has 0 aromatic rings. The minimum absolute atomic E-state index is 0.750. The van der Waals surface area contributed by atoms with Gasteiger partial charge in [-0.3, -0.25) is 0 Å². The molecule has 4 nitrogen and oxygen atoms in total. The minimum atomic E-state index is -0.750. The summed E-state index contributed by atoms with van der Waals surface area (Å²) < 4.78 is 21.6. The largest absolute Gasteiger partial charge is 0.379 e. The van der Waals surface area contributed by atoms with Crippen molar-refractivity contribution >= 4 is 11.6 Å². The summed E-state index contributed by atoms with van der Waals surface area (Å²) in [5, 5.41) is 3.16. The standard InChI is InChI=1S/C4H9NO.C2H4.O2S/c1-3-6-4-2-5-1;1-2;1-3-2/h5H,1-4H2;1-2H2;. The van der Waals surface area contributed by atoms with E-state index in [9.17, 15) is 0 Å². The van der Waals surface area contributed by atoms with E-state index >= 15 is 0 Å². The molecule has 0 atom stereocenters. The highest BCUT2D eigenvalue weighted by molar-refractivity contribution is 7.51. The van der Waals surface area contributed by atoms with Crippen LogP contribution in [0.3, 0.4) is 0 Å². The van der Waals surface area contributed by atoms with Crippen molar-refractivity contribution in [3.05, 3.63) is 13.2 Å². The number of hydrogen-bond acceptors (Lipinski definition) is 4. The number of ether oxygens (including phenoxy) is 1. The summed E-state index contributed by atoms with van der Waals surface area (Å²) in [6.07, 6.45) is 0. The quantitative estimate of drug-likeness (QED) is 0.520. The summed E-state index contributed by atoms with van der Waals surface area (Å²) in [7, 11) is 0. The van der Waals surface area contributed by atoms with Gasteiger partial charge in [0.1, 0.15) is 0 Å². The Balaban J connectivity index is 0. The summed E-state index contributed by atoms with van der Waals surface area (Å²) in [6, 6.07) is 0. The Kier molecular flexibility index (Phi) is 19.3. The molecule has 0 amide bonds. The van der Waals surface area contributed by atoms with Crippen molar-refractivity contribution in [2.75, 3.05) is 26.3 Å². The van der Waals surface area contributed by atoms with Gasteiger partial charge in [-0.25, -0.2) is 0 Å². The Bertz CT molecular complexity index is 88.5. The first-order valence-corrected chi connectivity index (χ1v) is 3.78. The van der Waals surface area contributed by atoms with Gasteiger partial charge in [0.25, 0.3) is 0 Å². The number of morpholine rings is 1. The normalized spacial score (nSPS) is 14.5. The summed E-state index contributed by atoms with van der Waals surface area (Å²) in [5.74, 6) is 0. The summed E-state index contributed by atoms with van der Waals surface area (Å²) >= 11 is -0.750. The Morgan fingerprint density at radius 1 is 1.18 bits per heavy atom. The fraction of sp³-hybridized carbons (Fsp3) is 0.667. The second kappa shape index (κ2) is 16.2. The molecule has 1 heterocycles. The van der Waals surface area contributed by atoms with E-state index in [0.29, 0.717) is 0 Å². The van der Waals surface area contributed by atoms with E-state index in [1.54, 1.807) is 0 Å². The molecule has 1 fully saturated rings. The van der Waals surface area contributed by atoms with Crippen LogP contribution in [0.15, 0.2) is 13.2 Å². The lowest BCUT2D eigenvalue weighted by Gasteiger charge is -2.10. The van der Waals surface area contributed by atoms with E-state index in [4.69, 9.17) is 13.2 Å². The van der Waals surface area contributed by atoms with E-state index < -0.39 is 11.6 Å². The SMILES string of the molecule is C1COCCN1.C=C.O=S=O. The van der Waals surface area contributed by atoms with E-state index in [1.807, 2.05) is 0 Å². The predicted molar refractivity (Wildman–Crippen MR) is 43.9 cm³/mol. The van der Waals surface area contributed by atoms with E-state index in [-0.39, 0.29) is 0 Å². The van der Waals surface area contributed by atoms with E-state index in [1.165, 1.54) is 0 Å². The number of nitrogens with one attached hydrogen (secondary N) is 1. The molecule has 1 saturated heterocycles. The maximum Gasteiger partial charge on any atom is 0.335 e. The monoisotopic (exact) mass is 179 g/mol. The number of hydrogen-bond donors (Lipinski definition) is 1. The second-order valence-electron chi connectivity index (χ2n) is 1.43. The van der Waals surface area contributed by atoms with Gasteiger partial charge in [-0.05, 0) is 0 Å². The average Bonchev–Trinajstić information content (AvgIpc) is 2.12. The minimum Gasteiger partial charge on any atom is -0.379 e. The fourth-order valence-electron chi connectivity index (χ4n) is 0.516. The van der Waals surface area contributed by atoms with Crippen molar-refractivity contribution < 1.29 is 13.2 Å². The first kappa shape index (κ1) is 13.1. The molecule has 0 saturated carbocycles. The lowest BCUT2D eigenvalue weighted by molar-refractivity contribution is 0.109. The van der Waals surface area contributed by atoms with Crippen LogP contribution in [0.25, 0.3) is 0 Å². The highest BCUT2D eigenvalue weighted by Gasteiger charge is 1.92. The van der Waals surface area contributed by atoms with Gasteiger partial charge in [-0.1, -0.05) is 0 Å². The molecule has 66 valence electrons. The predicted octanol–water partition coefficient (Wildman–Crippen LogP) is -0.262. The van der Waals surface area contributed by atoms with Crippen LogP contribution in [-0.2, 0) is 16.3 Å². The molecular weight excluding hydrogens is 166 g/mol. The van der Waals surface area contributed by atoms with Crippen LogP contribution in [0.5, 0.6) is 0 Å². The molecule has 1 rings (SSSR count). The van der Waals surface area contributed by atoms with E-state index in [0.717, 1.165) is 26.3 Å². The van der Waals surface area contributed by atoms with Crippen LogP contribution < -0.4 is 5.32 Å². The lowest BCUT2D eigenvalue weighted by Crippen LogP contribution is -2.30. The first-order chi connectivity index (χ1) is 5.41. The van der Waals surface area contributed by atoms with Gasteiger partial charge in [-0.15, -0.1) is 13.2 Å². The average molecular weight is 179 g/mol. The molecule has 5 heteroatoms. The topological polar surface area (TPSA) is 55.4 Å². The van der Waals surface area contributed by atoms with Crippen molar-refractivity contribution in [2.45, 2.75) is 0 Å². The van der Waals surface area contributed by atoms with Crippen molar-refractivity contribution in [3.63, 3.8) is 0 Å². The molecule has 1 N–H and O–H groups in total. The van der Waals surface area contributed by atoms with Crippen LogP contribution in [0.1, 0.15) is 0 Å². The Morgan fingerprint density at radius 2 is 1.55 bits per heavy atom. The van der Waals surface area contributed by atoms with Gasteiger partial charge in [0.15, 0.2) is 0 Å². The van der Waals surface area contributed by atoms with Crippen molar-refractivity contribution in [1.82, 2.24) is 5.32 Å². The molecule has 0 aromatic heterocycles. The smallest absolute Gasteiger partial charge is 0.335 e. The summed E-state index contributed by atoms with van der Waals surface area (Å²) in [5.41, 5.74) is 0. The maximum atomic E-state index is 8.29. The molecule has 11 heavy (non-hydrogen) atoms. The second-order valence-corrected chi connectivity index (χ2v) is 1.57. The van der Waals surface area contributed by atoms with Gasteiger partial charge in [0.2, 0.25) is 0 Å². The Labute approximate surface area is 70.2 Å². The molecule has 0 aromatic carbocycles. The van der Waals surface area contributed by atoms with Crippen LogP contribution >= 0.6 is 0 Å². The lowest BCUT2D eigenvalue weighted by atomic mass is 10.5. The van der Waals surface area contributed by atoms with Crippen molar-refractivity contribution in [3.8, 4) is 0 Å². The van der Waals surface area contributed by atoms with Crippen LogP contribution in [0, 0.1) is 0 Å². The fourth-order valence-corrected chi connectivity index (χ4v) is 0.516. The third-order valence-electron chi connectivity index (χ3n) is 0.846. The van der Waals surface area contributed by atoms with Gasteiger partial charge in [0.05, 0.1) is 13.2 Å². The zero-order chi connectivity index (χ0) is 8.95. The van der Waals surface area contributed by atoms with Crippen molar-refractivity contribution in [1.29, 1.82) is 0 Å². The number of rotatable bonds is 0. The third-order valence-corrected chi connectivity index (χ3v) is 0.846. The highest BCUT2D eigenvalue weighted by atomic mass is 32.1. The molecule has 0 spiro atoms. The molecule has 0 aliphatic carbocycles. The zero-order valence-corrected chi connectivity index (χ0v) is 7.19. The van der Waals surface area contributed by atoms with Crippen molar-refractivity contribution in [2.24, 2.45) is 0 Å². The van der Waals surface area contributed by atoms with Gasteiger partial charge < -0.3 is 10.1 Å². The van der Waals surface area contributed by atoms with Crippen LogP contribution in [-0.4, -0.2) is 34.7 Å². The molecule has 0 unspecified atom stereocenters. The Hall–Kier alpha value is -0.520. The zero-order valence-electron chi connectivity index (χ0n) is 6.38. The van der Waals surface area contributed by atoms with Crippen LogP contribution in [0.2, 0.25) is 0 Å². The van der Waals surface area contributed by atoms with Crippen LogP contribution in [0.4, 0.5) is 0 Å². The van der Waals surface area contributed by atoms with E-state index in [2.05, 4.69) is 18.5 Å². The summed E-state index contributed by atoms with van der Waals surface area (Å²) in [4.78, 5) is 0. The third kappa shape index (κ3) is 17.7. The molecular formula is C6H13NO3S.